The molecule has 10 heteroatoms. The number of hydrogen-bond acceptors (Lipinski definition) is 5. The van der Waals surface area contributed by atoms with Gasteiger partial charge in [-0.1, -0.05) is 41.4 Å². The topological polar surface area (TPSA) is 92.2 Å². The van der Waals surface area contributed by atoms with Crippen LogP contribution in [0.3, 0.4) is 0 Å². The highest BCUT2D eigenvalue weighted by molar-refractivity contribution is 6.32. The maximum Gasteiger partial charge on any atom is 0.407 e. The van der Waals surface area contributed by atoms with Gasteiger partial charge in [0.05, 0.1) is 11.2 Å². The number of aromatic nitrogens is 1. The molecule has 0 spiro atoms. The van der Waals surface area contributed by atoms with Crippen LogP contribution in [-0.2, 0) is 11.4 Å². The molecule has 2 amide bonds. The number of hydrogen-bond donors (Lipinski definition) is 1. The average molecular weight is 542 g/mol. The number of piperazine rings is 1. The molecule has 0 aliphatic carbocycles. The third-order valence-electron chi connectivity index (χ3n) is 5.80. The third kappa shape index (κ3) is 6.93. The fourth-order valence-electron chi connectivity index (χ4n) is 3.77. The van der Waals surface area contributed by atoms with Crippen molar-refractivity contribution < 1.29 is 24.2 Å². The molecule has 37 heavy (non-hydrogen) atoms. The lowest BCUT2D eigenvalue weighted by Crippen LogP contribution is -2.49. The molecular weight excluding hydrogens is 517 g/mol. The minimum atomic E-state index is -0.969. The minimum absolute atomic E-state index is 0.180. The average Bonchev–Trinajstić information content (AvgIpc) is 2.89. The Morgan fingerprint density at radius 1 is 1.03 bits per heavy atom. The lowest BCUT2D eigenvalue weighted by atomic mass is 10.1. The summed E-state index contributed by atoms with van der Waals surface area (Å²) in [7, 11) is 0. The van der Waals surface area contributed by atoms with Crippen LogP contribution in [0.4, 0.5) is 4.79 Å². The minimum Gasteiger partial charge on any atom is -0.487 e. The van der Waals surface area contributed by atoms with Gasteiger partial charge in [0.15, 0.2) is 5.75 Å². The van der Waals surface area contributed by atoms with E-state index in [0.717, 1.165) is 16.7 Å². The van der Waals surface area contributed by atoms with Gasteiger partial charge < -0.3 is 24.4 Å². The van der Waals surface area contributed by atoms with Crippen LogP contribution in [0.2, 0.25) is 10.0 Å². The van der Waals surface area contributed by atoms with E-state index in [1.807, 2.05) is 37.3 Å². The van der Waals surface area contributed by atoms with Crippen molar-refractivity contribution in [1.29, 1.82) is 0 Å². The summed E-state index contributed by atoms with van der Waals surface area (Å²) >= 11 is 12.6. The van der Waals surface area contributed by atoms with Crippen molar-refractivity contribution in [3.63, 3.8) is 0 Å². The highest BCUT2D eigenvalue weighted by Gasteiger charge is 2.22. The summed E-state index contributed by atoms with van der Waals surface area (Å²) in [6.45, 7) is 3.50. The van der Waals surface area contributed by atoms with Crippen molar-refractivity contribution in [2.75, 3.05) is 26.2 Å². The largest absolute Gasteiger partial charge is 0.487 e. The van der Waals surface area contributed by atoms with Gasteiger partial charge >= 0.3 is 6.09 Å². The molecule has 0 saturated carbocycles. The van der Waals surface area contributed by atoms with Gasteiger partial charge in [0.25, 0.3) is 0 Å². The third-order valence-corrected chi connectivity index (χ3v) is 6.45. The molecule has 1 N–H and O–H groups in total. The number of halogens is 2. The van der Waals surface area contributed by atoms with E-state index in [9.17, 15) is 9.59 Å². The zero-order chi connectivity index (χ0) is 26.4. The molecule has 1 aliphatic heterocycles. The number of benzene rings is 2. The molecule has 0 atom stereocenters. The number of ether oxygens (including phenoxy) is 2. The number of carboxylic acid groups (broad SMARTS) is 1. The molecule has 1 aromatic heterocycles. The first-order valence-corrected chi connectivity index (χ1v) is 12.3. The van der Waals surface area contributed by atoms with Gasteiger partial charge in [-0.25, -0.2) is 9.78 Å². The van der Waals surface area contributed by atoms with Crippen LogP contribution < -0.4 is 9.47 Å². The highest BCUT2D eigenvalue weighted by atomic mass is 35.5. The zero-order valence-corrected chi connectivity index (χ0v) is 21.6. The molecule has 1 saturated heterocycles. The fourth-order valence-corrected chi connectivity index (χ4v) is 4.27. The Hall–Kier alpha value is -3.75. The van der Waals surface area contributed by atoms with E-state index in [1.165, 1.54) is 11.0 Å². The summed E-state index contributed by atoms with van der Waals surface area (Å²) in [6.07, 6.45) is 3.74. The Labute approximate surface area is 224 Å². The molecule has 192 valence electrons. The quantitative estimate of drug-likeness (QED) is 0.374. The molecule has 2 aromatic carbocycles. The van der Waals surface area contributed by atoms with Crippen LogP contribution in [0.25, 0.3) is 6.08 Å². The Kier molecular flexibility index (Phi) is 8.53. The van der Waals surface area contributed by atoms with Gasteiger partial charge in [-0.05, 0) is 48.4 Å². The van der Waals surface area contributed by atoms with E-state index in [4.69, 9.17) is 37.8 Å². The van der Waals surface area contributed by atoms with E-state index >= 15 is 0 Å². The molecule has 0 bridgehead atoms. The first-order valence-electron chi connectivity index (χ1n) is 11.6. The normalized spacial score (nSPS) is 13.6. The number of aryl methyl sites for hydroxylation is 1. The molecule has 8 nitrogen and oxygen atoms in total. The van der Waals surface area contributed by atoms with Crippen LogP contribution in [0.1, 0.15) is 16.7 Å². The van der Waals surface area contributed by atoms with E-state index in [1.54, 1.807) is 35.4 Å². The number of rotatable bonds is 7. The van der Waals surface area contributed by atoms with Crippen LogP contribution in [-0.4, -0.2) is 58.1 Å². The Bertz CT molecular complexity index is 1280. The molecule has 0 radical (unpaired) electrons. The lowest BCUT2D eigenvalue weighted by molar-refractivity contribution is -0.127. The summed E-state index contributed by atoms with van der Waals surface area (Å²) in [5.74, 6) is 1.21. The van der Waals surface area contributed by atoms with E-state index in [-0.39, 0.29) is 5.91 Å². The standard InChI is InChI=1S/C27H25Cl2N3O5/c1-18-14-19(6-9-25(33)31-10-12-32(13-11-31)27(34)35)15-23(29)26(18)37-24-8-7-21(16-30-24)36-17-20-4-2-3-5-22(20)28/h2-9,14-16H,10-13,17H2,1H3,(H,34,35). The first kappa shape index (κ1) is 26.3. The summed E-state index contributed by atoms with van der Waals surface area (Å²) in [5.41, 5.74) is 2.39. The molecular formula is C27H25Cl2N3O5. The van der Waals surface area contributed by atoms with Gasteiger partial charge in [0.1, 0.15) is 12.4 Å². The molecule has 0 unspecified atom stereocenters. The Morgan fingerprint density at radius 3 is 2.41 bits per heavy atom. The number of nitrogens with zero attached hydrogens (tertiary/aromatic N) is 3. The first-order chi connectivity index (χ1) is 17.8. The number of carbonyl (C=O) groups excluding carboxylic acids is 1. The van der Waals surface area contributed by atoms with Crippen molar-refractivity contribution >= 4 is 41.3 Å². The van der Waals surface area contributed by atoms with Crippen molar-refractivity contribution in [3.8, 4) is 17.4 Å². The van der Waals surface area contributed by atoms with Crippen LogP contribution >= 0.6 is 23.2 Å². The number of amides is 2. The summed E-state index contributed by atoms with van der Waals surface area (Å²) in [5, 5.41) is 10.1. The van der Waals surface area contributed by atoms with Gasteiger partial charge in [-0.15, -0.1) is 0 Å². The molecule has 1 fully saturated rings. The van der Waals surface area contributed by atoms with Crippen molar-refractivity contribution in [1.82, 2.24) is 14.8 Å². The van der Waals surface area contributed by atoms with Gasteiger partial charge in [-0.2, -0.15) is 0 Å². The van der Waals surface area contributed by atoms with E-state index in [2.05, 4.69) is 4.98 Å². The highest BCUT2D eigenvalue weighted by Crippen LogP contribution is 2.34. The zero-order valence-electron chi connectivity index (χ0n) is 20.1. The molecule has 4 rings (SSSR count). The Balaban J connectivity index is 1.35. The van der Waals surface area contributed by atoms with Crippen LogP contribution in [0.15, 0.2) is 60.8 Å². The van der Waals surface area contributed by atoms with Crippen molar-refractivity contribution in [3.05, 3.63) is 87.5 Å². The second-order valence-electron chi connectivity index (χ2n) is 8.39. The second kappa shape index (κ2) is 12.0. The van der Waals surface area contributed by atoms with Gasteiger partial charge in [0.2, 0.25) is 11.8 Å². The second-order valence-corrected chi connectivity index (χ2v) is 9.21. The molecule has 1 aliphatic rings. The predicted octanol–water partition coefficient (Wildman–Crippen LogP) is 5.90. The van der Waals surface area contributed by atoms with Gasteiger partial charge in [-0.3, -0.25) is 4.79 Å². The van der Waals surface area contributed by atoms with E-state index in [0.29, 0.717) is 60.2 Å². The fraction of sp³-hybridized carbons (Fsp3) is 0.222. The van der Waals surface area contributed by atoms with Crippen LogP contribution in [0.5, 0.6) is 17.4 Å². The summed E-state index contributed by atoms with van der Waals surface area (Å²) in [4.78, 5) is 30.7. The predicted molar refractivity (Wildman–Crippen MR) is 141 cm³/mol. The van der Waals surface area contributed by atoms with Crippen molar-refractivity contribution in [2.24, 2.45) is 0 Å². The summed E-state index contributed by atoms with van der Waals surface area (Å²) in [6, 6.07) is 14.5. The van der Waals surface area contributed by atoms with Gasteiger partial charge in [0, 0.05) is 48.9 Å². The molecule has 2 heterocycles. The maximum absolute atomic E-state index is 12.5. The number of pyridine rings is 1. The maximum atomic E-state index is 12.5. The van der Waals surface area contributed by atoms with Crippen molar-refractivity contribution in [2.45, 2.75) is 13.5 Å². The van der Waals surface area contributed by atoms with E-state index < -0.39 is 6.09 Å². The summed E-state index contributed by atoms with van der Waals surface area (Å²) < 4.78 is 11.7. The van der Waals surface area contributed by atoms with Crippen LogP contribution in [0, 0.1) is 6.92 Å². The Morgan fingerprint density at radius 2 is 1.76 bits per heavy atom. The SMILES string of the molecule is Cc1cc(C=CC(=O)N2CCN(C(=O)O)CC2)cc(Cl)c1Oc1ccc(OCc2ccccc2Cl)cn1. The smallest absolute Gasteiger partial charge is 0.407 e. The lowest BCUT2D eigenvalue weighted by Gasteiger charge is -2.32. The molecule has 3 aromatic rings. The monoisotopic (exact) mass is 541 g/mol. The number of carbonyl (C=O) groups is 2.